The van der Waals surface area contributed by atoms with Gasteiger partial charge in [0, 0.05) is 17.7 Å². The number of carbonyl (C=O) groups excluding carboxylic acids is 1. The smallest absolute Gasteiger partial charge is 0.338 e. The molecule has 0 unspecified atom stereocenters. The molecule has 0 amide bonds. The maximum atomic E-state index is 12.4. The number of rotatable bonds is 5. The van der Waals surface area contributed by atoms with Gasteiger partial charge in [-0.3, -0.25) is 10.1 Å². The number of nitrogens with zero attached hydrogens (tertiary/aromatic N) is 5. The summed E-state index contributed by atoms with van der Waals surface area (Å²) < 4.78 is 10.7. The van der Waals surface area contributed by atoms with Crippen molar-refractivity contribution in [2.45, 2.75) is 20.5 Å². The van der Waals surface area contributed by atoms with Gasteiger partial charge in [0.05, 0.1) is 32.9 Å². The summed E-state index contributed by atoms with van der Waals surface area (Å²) in [6.07, 6.45) is 0. The van der Waals surface area contributed by atoms with Crippen molar-refractivity contribution in [1.82, 2.24) is 20.2 Å². The van der Waals surface area contributed by atoms with Gasteiger partial charge in [0.15, 0.2) is 6.61 Å². The minimum Gasteiger partial charge on any atom is -0.452 e. The fourth-order valence-electron chi connectivity index (χ4n) is 2.72. The summed E-state index contributed by atoms with van der Waals surface area (Å²) in [6, 6.07) is 10.6. The van der Waals surface area contributed by atoms with E-state index in [4.69, 9.17) is 9.15 Å². The predicted molar refractivity (Wildman–Crippen MR) is 105 cm³/mol. The number of non-ortho nitro benzene ring substituents is 1. The third-order valence-corrected chi connectivity index (χ3v) is 4.43. The van der Waals surface area contributed by atoms with E-state index in [2.05, 4.69) is 20.2 Å². The van der Waals surface area contributed by atoms with Crippen molar-refractivity contribution in [1.29, 1.82) is 0 Å². The van der Waals surface area contributed by atoms with Crippen LogP contribution < -0.4 is 0 Å². The molecule has 0 saturated carbocycles. The summed E-state index contributed by atoms with van der Waals surface area (Å²) in [6.45, 7) is 3.51. The molecule has 10 heteroatoms. The highest BCUT2D eigenvalue weighted by Crippen LogP contribution is 2.22. The van der Waals surface area contributed by atoms with Crippen LogP contribution >= 0.6 is 0 Å². The van der Waals surface area contributed by atoms with Crippen molar-refractivity contribution in [2.24, 2.45) is 0 Å². The van der Waals surface area contributed by atoms with Crippen LogP contribution in [0.3, 0.4) is 0 Å². The first-order valence-corrected chi connectivity index (χ1v) is 8.90. The van der Waals surface area contributed by atoms with E-state index in [1.807, 2.05) is 13.8 Å². The van der Waals surface area contributed by atoms with Crippen molar-refractivity contribution in [3.8, 4) is 11.5 Å². The standard InChI is InChI=1S/C20H15N5O5/c1-11-12(2)22-17-9-14(5-8-16(17)21-11)20(26)29-10-18-23-24-19(30-18)13-3-6-15(7-4-13)25(27)28/h3-9H,10H2,1-2H3. The summed E-state index contributed by atoms with van der Waals surface area (Å²) in [5, 5.41) is 18.4. The number of ether oxygens (including phenoxy) is 1. The van der Waals surface area contributed by atoms with Crippen LogP contribution in [-0.2, 0) is 11.3 Å². The lowest BCUT2D eigenvalue weighted by Crippen LogP contribution is -2.06. The Balaban J connectivity index is 1.45. The summed E-state index contributed by atoms with van der Waals surface area (Å²) in [4.78, 5) is 31.5. The normalized spacial score (nSPS) is 10.9. The molecule has 30 heavy (non-hydrogen) atoms. The van der Waals surface area contributed by atoms with Crippen LogP contribution in [0, 0.1) is 24.0 Å². The quantitative estimate of drug-likeness (QED) is 0.277. The summed E-state index contributed by atoms with van der Waals surface area (Å²) in [7, 11) is 0. The molecule has 0 N–H and O–H groups in total. The van der Waals surface area contributed by atoms with Gasteiger partial charge >= 0.3 is 5.97 Å². The zero-order valence-corrected chi connectivity index (χ0v) is 16.0. The van der Waals surface area contributed by atoms with Gasteiger partial charge in [0.2, 0.25) is 5.89 Å². The number of aryl methyl sites for hydroxylation is 2. The molecular formula is C20H15N5O5. The van der Waals surface area contributed by atoms with E-state index in [0.717, 1.165) is 11.4 Å². The van der Waals surface area contributed by atoms with Crippen LogP contribution in [0.25, 0.3) is 22.5 Å². The van der Waals surface area contributed by atoms with Crippen LogP contribution in [0.5, 0.6) is 0 Å². The zero-order chi connectivity index (χ0) is 21.3. The van der Waals surface area contributed by atoms with Gasteiger partial charge in [-0.15, -0.1) is 10.2 Å². The molecule has 0 atom stereocenters. The highest BCUT2D eigenvalue weighted by Gasteiger charge is 2.14. The molecule has 2 aromatic heterocycles. The van der Waals surface area contributed by atoms with Crippen molar-refractivity contribution >= 4 is 22.7 Å². The van der Waals surface area contributed by atoms with Gasteiger partial charge in [-0.05, 0) is 44.2 Å². The Hall–Kier alpha value is -4.21. The summed E-state index contributed by atoms with van der Waals surface area (Å²) >= 11 is 0. The second-order valence-corrected chi connectivity index (χ2v) is 6.48. The number of benzene rings is 2. The maximum absolute atomic E-state index is 12.4. The minimum atomic E-state index is -0.563. The molecule has 4 aromatic rings. The highest BCUT2D eigenvalue weighted by atomic mass is 16.6. The number of fused-ring (bicyclic) bond motifs is 1. The monoisotopic (exact) mass is 405 g/mol. The molecule has 0 spiro atoms. The van der Waals surface area contributed by atoms with Crippen LogP contribution in [-0.4, -0.2) is 31.1 Å². The first-order chi connectivity index (χ1) is 14.4. The molecule has 0 fully saturated rings. The summed E-state index contributed by atoms with van der Waals surface area (Å²) in [5.74, 6) is -0.293. The lowest BCUT2D eigenvalue weighted by molar-refractivity contribution is -0.384. The first-order valence-electron chi connectivity index (χ1n) is 8.90. The lowest BCUT2D eigenvalue weighted by atomic mass is 10.2. The number of hydrogen-bond donors (Lipinski definition) is 0. The fourth-order valence-corrected chi connectivity index (χ4v) is 2.72. The van der Waals surface area contributed by atoms with E-state index in [1.54, 1.807) is 18.2 Å². The van der Waals surface area contributed by atoms with Gasteiger partial charge in [-0.1, -0.05) is 0 Å². The van der Waals surface area contributed by atoms with Crippen molar-refractivity contribution in [2.75, 3.05) is 0 Å². The van der Waals surface area contributed by atoms with Gasteiger partial charge in [-0.2, -0.15) is 0 Å². The molecule has 0 aliphatic rings. The molecule has 0 aliphatic heterocycles. The SMILES string of the molecule is Cc1nc2ccc(C(=O)OCc3nnc(-c4ccc([N+](=O)[O-])cc4)o3)cc2nc1C. The molecule has 10 nitrogen and oxygen atoms in total. The molecule has 150 valence electrons. The number of aromatic nitrogens is 4. The number of hydrogen-bond acceptors (Lipinski definition) is 9. The molecule has 2 aromatic carbocycles. The number of esters is 1. The maximum Gasteiger partial charge on any atom is 0.338 e. The van der Waals surface area contributed by atoms with E-state index >= 15 is 0 Å². The molecule has 2 heterocycles. The van der Waals surface area contributed by atoms with Crippen LogP contribution in [0.2, 0.25) is 0 Å². The topological polar surface area (TPSA) is 134 Å². The largest absolute Gasteiger partial charge is 0.452 e. The predicted octanol–water partition coefficient (Wildman–Crippen LogP) is 3.56. The van der Waals surface area contributed by atoms with E-state index in [-0.39, 0.29) is 24.1 Å². The minimum absolute atomic E-state index is 0.0437. The second kappa shape index (κ2) is 7.66. The Kier molecular flexibility index (Phi) is 4.88. The van der Waals surface area contributed by atoms with Gasteiger partial charge < -0.3 is 9.15 Å². The van der Waals surface area contributed by atoms with Gasteiger partial charge in [0.25, 0.3) is 11.6 Å². The van der Waals surface area contributed by atoms with Crippen molar-refractivity contribution in [3.63, 3.8) is 0 Å². The number of carbonyl (C=O) groups is 1. The van der Waals surface area contributed by atoms with Crippen LogP contribution in [0.15, 0.2) is 46.9 Å². The Bertz CT molecular complexity index is 1270. The molecule has 0 saturated heterocycles. The first kappa shape index (κ1) is 19.1. The van der Waals surface area contributed by atoms with Crippen molar-refractivity contribution in [3.05, 3.63) is 75.4 Å². The third kappa shape index (κ3) is 3.83. The molecular weight excluding hydrogens is 390 g/mol. The summed E-state index contributed by atoms with van der Waals surface area (Å²) in [5.41, 5.74) is 3.72. The van der Waals surface area contributed by atoms with Crippen molar-refractivity contribution < 1.29 is 18.9 Å². The van der Waals surface area contributed by atoms with E-state index in [9.17, 15) is 14.9 Å². The van der Waals surface area contributed by atoms with Gasteiger partial charge in [-0.25, -0.2) is 14.8 Å². The molecule has 0 aliphatic carbocycles. The van der Waals surface area contributed by atoms with Crippen LogP contribution in [0.4, 0.5) is 5.69 Å². The number of nitro groups is 1. The molecule has 0 radical (unpaired) electrons. The molecule has 0 bridgehead atoms. The Labute approximate surface area is 169 Å². The highest BCUT2D eigenvalue weighted by molar-refractivity contribution is 5.93. The lowest BCUT2D eigenvalue weighted by Gasteiger charge is -2.05. The fraction of sp³-hybridized carbons (Fsp3) is 0.150. The van der Waals surface area contributed by atoms with Gasteiger partial charge in [0.1, 0.15) is 0 Å². The Morgan fingerprint density at radius 2 is 1.73 bits per heavy atom. The zero-order valence-electron chi connectivity index (χ0n) is 16.0. The number of nitro benzene ring substituents is 1. The average Bonchev–Trinajstić information content (AvgIpc) is 3.21. The van der Waals surface area contributed by atoms with E-state index in [0.29, 0.717) is 22.2 Å². The average molecular weight is 405 g/mol. The Morgan fingerprint density at radius 3 is 2.43 bits per heavy atom. The second-order valence-electron chi connectivity index (χ2n) is 6.48. The Morgan fingerprint density at radius 1 is 1.03 bits per heavy atom. The van der Waals surface area contributed by atoms with E-state index in [1.165, 1.54) is 24.3 Å². The van der Waals surface area contributed by atoms with Crippen LogP contribution in [0.1, 0.15) is 27.6 Å². The third-order valence-electron chi connectivity index (χ3n) is 4.43. The van der Waals surface area contributed by atoms with E-state index < -0.39 is 10.9 Å². The molecule has 4 rings (SSSR count).